The molecule has 1 aliphatic rings. The Morgan fingerprint density at radius 2 is 2.04 bits per heavy atom. The molecule has 1 atom stereocenters. The predicted molar refractivity (Wildman–Crippen MR) is 102 cm³/mol. The number of carbonyl (C=O) groups excluding carboxylic acids is 1. The van der Waals surface area contributed by atoms with Crippen LogP contribution in [0.1, 0.15) is 31.1 Å². The first-order valence-corrected chi connectivity index (χ1v) is 9.33. The summed E-state index contributed by atoms with van der Waals surface area (Å²) in [6, 6.07) is 9.54. The second kappa shape index (κ2) is 7.81. The van der Waals surface area contributed by atoms with Gasteiger partial charge >= 0.3 is 0 Å². The Kier molecular flexibility index (Phi) is 5.72. The van der Waals surface area contributed by atoms with Gasteiger partial charge in [-0.15, -0.1) is 0 Å². The van der Waals surface area contributed by atoms with E-state index >= 15 is 0 Å². The topological polar surface area (TPSA) is 37.3 Å². The summed E-state index contributed by atoms with van der Waals surface area (Å²) < 4.78 is 2.19. The number of hydrogen-bond donors (Lipinski definition) is 1. The summed E-state index contributed by atoms with van der Waals surface area (Å²) in [6.45, 7) is 6.91. The van der Waals surface area contributed by atoms with E-state index in [-0.39, 0.29) is 11.9 Å². The van der Waals surface area contributed by atoms with Gasteiger partial charge in [-0.3, -0.25) is 4.79 Å². The zero-order chi connectivity index (χ0) is 18.0. The number of benzene rings is 1. The number of carbonyl (C=O) groups is 1. The van der Waals surface area contributed by atoms with Crippen LogP contribution in [0.4, 0.5) is 0 Å². The van der Waals surface area contributed by atoms with E-state index in [0.717, 1.165) is 24.3 Å². The van der Waals surface area contributed by atoms with Crippen LogP contribution < -0.4 is 5.32 Å². The molecule has 0 saturated heterocycles. The van der Waals surface area contributed by atoms with Crippen LogP contribution in [0.2, 0.25) is 10.0 Å². The molecule has 1 unspecified atom stereocenters. The van der Waals surface area contributed by atoms with E-state index in [2.05, 4.69) is 36.0 Å². The van der Waals surface area contributed by atoms with Crippen molar-refractivity contribution in [3.63, 3.8) is 0 Å². The molecule has 0 radical (unpaired) electrons. The molecule has 2 aromatic rings. The van der Waals surface area contributed by atoms with E-state index in [0.29, 0.717) is 29.1 Å². The zero-order valence-electron chi connectivity index (χ0n) is 14.5. The number of amides is 1. The Morgan fingerprint density at radius 3 is 2.76 bits per heavy atom. The molecule has 1 aromatic heterocycles. The highest BCUT2D eigenvalue weighted by Gasteiger charge is 2.32. The SMILES string of the molecule is CC(C)CNCC(=O)N1CCn2cccc2C1c1ccc(Cl)c(Cl)c1. The summed E-state index contributed by atoms with van der Waals surface area (Å²) in [5, 5.41) is 4.28. The fraction of sp³-hybridized carbons (Fsp3) is 0.421. The normalized spacial score (nSPS) is 17.0. The van der Waals surface area contributed by atoms with Crippen molar-refractivity contribution >= 4 is 29.1 Å². The molecule has 1 aromatic carbocycles. The number of nitrogens with one attached hydrogen (secondary N) is 1. The lowest BCUT2D eigenvalue weighted by Crippen LogP contribution is -2.46. The lowest BCUT2D eigenvalue weighted by Gasteiger charge is -2.37. The van der Waals surface area contributed by atoms with Crippen LogP contribution in [-0.2, 0) is 11.3 Å². The Labute approximate surface area is 158 Å². The average molecular weight is 380 g/mol. The second-order valence-electron chi connectivity index (χ2n) is 6.81. The third-order valence-corrected chi connectivity index (χ3v) is 5.19. The van der Waals surface area contributed by atoms with Crippen molar-refractivity contribution in [2.24, 2.45) is 5.92 Å². The number of hydrogen-bond acceptors (Lipinski definition) is 2. The fourth-order valence-electron chi connectivity index (χ4n) is 3.25. The van der Waals surface area contributed by atoms with Gasteiger partial charge in [0.2, 0.25) is 5.91 Å². The van der Waals surface area contributed by atoms with Gasteiger partial charge in [-0.25, -0.2) is 0 Å². The van der Waals surface area contributed by atoms with Crippen LogP contribution >= 0.6 is 23.2 Å². The largest absolute Gasteiger partial charge is 0.348 e. The first kappa shape index (κ1) is 18.3. The maximum absolute atomic E-state index is 12.8. The summed E-state index contributed by atoms with van der Waals surface area (Å²) in [4.78, 5) is 14.8. The van der Waals surface area contributed by atoms with Crippen LogP contribution in [0.15, 0.2) is 36.5 Å². The Balaban J connectivity index is 1.89. The molecular weight excluding hydrogens is 357 g/mol. The third kappa shape index (κ3) is 4.02. The molecule has 0 aliphatic carbocycles. The summed E-state index contributed by atoms with van der Waals surface area (Å²) in [5.41, 5.74) is 2.08. The molecule has 0 bridgehead atoms. The minimum absolute atomic E-state index is 0.101. The van der Waals surface area contributed by atoms with Crippen molar-refractivity contribution < 1.29 is 4.79 Å². The van der Waals surface area contributed by atoms with Crippen molar-refractivity contribution in [2.45, 2.75) is 26.4 Å². The average Bonchev–Trinajstić information content (AvgIpc) is 3.04. The molecule has 4 nitrogen and oxygen atoms in total. The number of fused-ring (bicyclic) bond motifs is 1. The molecule has 134 valence electrons. The van der Waals surface area contributed by atoms with Gasteiger partial charge in [-0.2, -0.15) is 0 Å². The molecule has 1 amide bonds. The van der Waals surface area contributed by atoms with Gasteiger partial charge in [0.05, 0.1) is 22.6 Å². The van der Waals surface area contributed by atoms with Crippen LogP contribution in [0.25, 0.3) is 0 Å². The Morgan fingerprint density at radius 1 is 1.24 bits per heavy atom. The lowest BCUT2D eigenvalue weighted by molar-refractivity contribution is -0.132. The Hall–Kier alpha value is -1.49. The monoisotopic (exact) mass is 379 g/mol. The summed E-state index contributed by atoms with van der Waals surface area (Å²) in [6.07, 6.45) is 2.05. The van der Waals surface area contributed by atoms with Crippen molar-refractivity contribution in [1.82, 2.24) is 14.8 Å². The minimum Gasteiger partial charge on any atom is -0.348 e. The van der Waals surface area contributed by atoms with Gasteiger partial charge < -0.3 is 14.8 Å². The molecule has 0 saturated carbocycles. The van der Waals surface area contributed by atoms with Crippen LogP contribution in [-0.4, -0.2) is 35.0 Å². The maximum Gasteiger partial charge on any atom is 0.237 e. The van der Waals surface area contributed by atoms with E-state index in [9.17, 15) is 4.79 Å². The number of nitrogens with zero attached hydrogens (tertiary/aromatic N) is 2. The Bertz CT molecular complexity index is 757. The third-order valence-electron chi connectivity index (χ3n) is 4.45. The standard InChI is InChI=1S/C19H23Cl2N3O/c1-13(2)11-22-12-18(25)24-9-8-23-7-3-4-17(23)19(24)14-5-6-15(20)16(21)10-14/h3-7,10,13,19,22H,8-9,11-12H2,1-2H3. The summed E-state index contributed by atoms with van der Waals surface area (Å²) in [7, 11) is 0. The molecule has 6 heteroatoms. The zero-order valence-corrected chi connectivity index (χ0v) is 16.0. The van der Waals surface area contributed by atoms with Crippen molar-refractivity contribution in [2.75, 3.05) is 19.6 Å². The smallest absolute Gasteiger partial charge is 0.237 e. The highest BCUT2D eigenvalue weighted by Crippen LogP contribution is 2.35. The van der Waals surface area contributed by atoms with E-state index in [1.54, 1.807) is 6.07 Å². The highest BCUT2D eigenvalue weighted by molar-refractivity contribution is 6.42. The van der Waals surface area contributed by atoms with E-state index in [1.807, 2.05) is 23.1 Å². The van der Waals surface area contributed by atoms with E-state index in [1.165, 1.54) is 0 Å². The molecule has 0 spiro atoms. The minimum atomic E-state index is -0.146. The van der Waals surface area contributed by atoms with Crippen molar-refractivity contribution in [3.8, 4) is 0 Å². The first-order chi connectivity index (χ1) is 12.0. The van der Waals surface area contributed by atoms with E-state index in [4.69, 9.17) is 23.2 Å². The maximum atomic E-state index is 12.8. The van der Waals surface area contributed by atoms with Gasteiger partial charge in [0.1, 0.15) is 0 Å². The van der Waals surface area contributed by atoms with Crippen LogP contribution in [0.3, 0.4) is 0 Å². The molecular formula is C19H23Cl2N3O. The van der Waals surface area contributed by atoms with Crippen LogP contribution in [0, 0.1) is 5.92 Å². The van der Waals surface area contributed by atoms with E-state index < -0.39 is 0 Å². The molecule has 0 fully saturated rings. The van der Waals surface area contributed by atoms with Gasteiger partial charge in [0, 0.05) is 25.0 Å². The van der Waals surface area contributed by atoms with Gasteiger partial charge in [0.15, 0.2) is 0 Å². The number of aromatic nitrogens is 1. The highest BCUT2D eigenvalue weighted by atomic mass is 35.5. The van der Waals surface area contributed by atoms with Gasteiger partial charge in [0.25, 0.3) is 0 Å². The molecule has 25 heavy (non-hydrogen) atoms. The number of rotatable bonds is 5. The van der Waals surface area contributed by atoms with Gasteiger partial charge in [-0.1, -0.05) is 43.1 Å². The molecule has 1 N–H and O–H groups in total. The summed E-state index contributed by atoms with van der Waals surface area (Å²) >= 11 is 12.3. The predicted octanol–water partition coefficient (Wildman–Crippen LogP) is 3.97. The summed E-state index contributed by atoms with van der Waals surface area (Å²) in [5.74, 6) is 0.612. The number of halogens is 2. The van der Waals surface area contributed by atoms with Crippen LogP contribution in [0.5, 0.6) is 0 Å². The van der Waals surface area contributed by atoms with Gasteiger partial charge in [-0.05, 0) is 42.3 Å². The molecule has 1 aliphatic heterocycles. The second-order valence-corrected chi connectivity index (χ2v) is 7.63. The molecule has 2 heterocycles. The molecule has 3 rings (SSSR count). The quantitative estimate of drug-likeness (QED) is 0.852. The lowest BCUT2D eigenvalue weighted by atomic mass is 9.99. The fourth-order valence-corrected chi connectivity index (χ4v) is 3.56. The van der Waals surface area contributed by atoms with Crippen molar-refractivity contribution in [1.29, 1.82) is 0 Å². The first-order valence-electron chi connectivity index (χ1n) is 8.57. The van der Waals surface area contributed by atoms with Crippen molar-refractivity contribution in [3.05, 3.63) is 57.8 Å².